The molecular weight excluding hydrogens is 204 g/mol. The summed E-state index contributed by atoms with van der Waals surface area (Å²) in [5.41, 5.74) is 7.85. The fraction of sp³-hybridized carbons (Fsp3) is 0.417. The third-order valence-electron chi connectivity index (χ3n) is 2.93. The molecule has 1 aliphatic rings. The number of aryl methyl sites for hydroxylation is 1. The van der Waals surface area contributed by atoms with Crippen LogP contribution in [0.4, 0.5) is 5.69 Å². The number of hydrogen-bond acceptors (Lipinski definition) is 3. The van der Waals surface area contributed by atoms with Crippen molar-refractivity contribution in [3.05, 3.63) is 29.3 Å². The highest BCUT2D eigenvalue weighted by Crippen LogP contribution is 2.18. The van der Waals surface area contributed by atoms with Crippen LogP contribution in [0, 0.1) is 6.92 Å². The first-order chi connectivity index (χ1) is 7.58. The number of carbonyl (C=O) groups excluding carboxylic acids is 1. The SMILES string of the molecule is Cc1cc(N)ccc1C(=O)N1CC[C@H](O)C1. The number of β-amino-alcohol motifs (C(OH)–C–C–N with tert-alkyl or cyclic N) is 1. The van der Waals surface area contributed by atoms with Crippen molar-refractivity contribution < 1.29 is 9.90 Å². The third kappa shape index (κ3) is 2.02. The van der Waals surface area contributed by atoms with E-state index in [1.165, 1.54) is 0 Å². The van der Waals surface area contributed by atoms with Crippen LogP contribution in [0.3, 0.4) is 0 Å². The second-order valence-corrected chi connectivity index (χ2v) is 4.27. The van der Waals surface area contributed by atoms with Crippen molar-refractivity contribution >= 4 is 11.6 Å². The maximum absolute atomic E-state index is 12.1. The van der Waals surface area contributed by atoms with Crippen LogP contribution in [0.2, 0.25) is 0 Å². The predicted octanol–water partition coefficient (Wildman–Crippen LogP) is 0.784. The molecule has 4 nitrogen and oxygen atoms in total. The molecule has 1 amide bonds. The minimum absolute atomic E-state index is 0.0194. The number of carbonyl (C=O) groups is 1. The largest absolute Gasteiger partial charge is 0.399 e. The van der Waals surface area contributed by atoms with Crippen molar-refractivity contribution in [3.8, 4) is 0 Å². The number of likely N-dealkylation sites (tertiary alicyclic amines) is 1. The van der Waals surface area contributed by atoms with Gasteiger partial charge in [0, 0.05) is 24.3 Å². The number of nitrogens with two attached hydrogens (primary N) is 1. The molecule has 0 saturated carbocycles. The lowest BCUT2D eigenvalue weighted by Gasteiger charge is -2.17. The first-order valence-corrected chi connectivity index (χ1v) is 5.41. The number of anilines is 1. The van der Waals surface area contributed by atoms with Crippen molar-refractivity contribution in [2.45, 2.75) is 19.4 Å². The summed E-state index contributed by atoms with van der Waals surface area (Å²) in [6, 6.07) is 5.27. The Balaban J connectivity index is 2.21. The fourth-order valence-electron chi connectivity index (χ4n) is 2.02. The lowest BCUT2D eigenvalue weighted by molar-refractivity contribution is 0.0764. The van der Waals surface area contributed by atoms with Crippen LogP contribution in [-0.2, 0) is 0 Å². The average Bonchev–Trinajstić information content (AvgIpc) is 2.64. The number of amides is 1. The summed E-state index contributed by atoms with van der Waals surface area (Å²) >= 11 is 0. The van der Waals surface area contributed by atoms with E-state index < -0.39 is 0 Å². The summed E-state index contributed by atoms with van der Waals surface area (Å²) in [4.78, 5) is 13.8. The topological polar surface area (TPSA) is 66.6 Å². The number of hydrogen-bond donors (Lipinski definition) is 2. The van der Waals surface area contributed by atoms with Crippen LogP contribution >= 0.6 is 0 Å². The van der Waals surface area contributed by atoms with Gasteiger partial charge in [0.1, 0.15) is 0 Å². The van der Waals surface area contributed by atoms with Gasteiger partial charge in [0.15, 0.2) is 0 Å². The minimum atomic E-state index is -0.377. The lowest BCUT2D eigenvalue weighted by atomic mass is 10.1. The van der Waals surface area contributed by atoms with E-state index in [9.17, 15) is 9.90 Å². The molecule has 86 valence electrons. The van der Waals surface area contributed by atoms with Gasteiger partial charge >= 0.3 is 0 Å². The standard InChI is InChI=1S/C12H16N2O2/c1-8-6-9(13)2-3-11(8)12(16)14-5-4-10(15)7-14/h2-3,6,10,15H,4-5,7,13H2,1H3/t10-/m0/s1. The first-order valence-electron chi connectivity index (χ1n) is 5.41. The Kier molecular flexibility index (Phi) is 2.83. The zero-order valence-corrected chi connectivity index (χ0v) is 9.31. The molecule has 0 aliphatic carbocycles. The van der Waals surface area contributed by atoms with Gasteiger partial charge < -0.3 is 15.7 Å². The van der Waals surface area contributed by atoms with E-state index in [-0.39, 0.29) is 12.0 Å². The van der Waals surface area contributed by atoms with Crippen LogP contribution < -0.4 is 5.73 Å². The van der Waals surface area contributed by atoms with Gasteiger partial charge in [-0.1, -0.05) is 0 Å². The summed E-state index contributed by atoms with van der Waals surface area (Å²) in [5.74, 6) is -0.0194. The molecule has 1 heterocycles. The quantitative estimate of drug-likeness (QED) is 0.687. The van der Waals surface area contributed by atoms with E-state index in [1.807, 2.05) is 6.92 Å². The number of aliphatic hydroxyl groups is 1. The number of nitrogen functional groups attached to an aromatic ring is 1. The molecule has 1 aliphatic heterocycles. The van der Waals surface area contributed by atoms with Crippen molar-refractivity contribution in [2.75, 3.05) is 18.8 Å². The molecule has 1 atom stereocenters. The zero-order valence-electron chi connectivity index (χ0n) is 9.31. The van der Waals surface area contributed by atoms with Crippen molar-refractivity contribution in [3.63, 3.8) is 0 Å². The van der Waals surface area contributed by atoms with E-state index >= 15 is 0 Å². The number of nitrogens with zero attached hydrogens (tertiary/aromatic N) is 1. The van der Waals surface area contributed by atoms with E-state index in [0.717, 1.165) is 5.56 Å². The van der Waals surface area contributed by atoms with Gasteiger partial charge in [0.25, 0.3) is 5.91 Å². The van der Waals surface area contributed by atoms with E-state index in [2.05, 4.69) is 0 Å². The monoisotopic (exact) mass is 220 g/mol. The van der Waals surface area contributed by atoms with Gasteiger partial charge in [-0.25, -0.2) is 0 Å². The summed E-state index contributed by atoms with van der Waals surface area (Å²) < 4.78 is 0. The molecule has 3 N–H and O–H groups in total. The second kappa shape index (κ2) is 4.14. The van der Waals surface area contributed by atoms with Crippen molar-refractivity contribution in [1.82, 2.24) is 4.90 Å². The molecule has 1 saturated heterocycles. The van der Waals surface area contributed by atoms with E-state index in [0.29, 0.717) is 30.8 Å². The maximum Gasteiger partial charge on any atom is 0.254 e. The minimum Gasteiger partial charge on any atom is -0.399 e. The van der Waals surface area contributed by atoms with Crippen LogP contribution in [0.25, 0.3) is 0 Å². The first kappa shape index (κ1) is 11.0. The van der Waals surface area contributed by atoms with Crippen LogP contribution in [0.15, 0.2) is 18.2 Å². The predicted molar refractivity (Wildman–Crippen MR) is 62.1 cm³/mol. The molecule has 16 heavy (non-hydrogen) atoms. The summed E-state index contributed by atoms with van der Waals surface area (Å²) in [5, 5.41) is 9.39. The molecule has 0 aromatic heterocycles. The number of aliphatic hydroxyl groups excluding tert-OH is 1. The van der Waals surface area contributed by atoms with Crippen LogP contribution in [0.1, 0.15) is 22.3 Å². The van der Waals surface area contributed by atoms with Crippen molar-refractivity contribution in [1.29, 1.82) is 0 Å². The third-order valence-corrected chi connectivity index (χ3v) is 2.93. The summed E-state index contributed by atoms with van der Waals surface area (Å²) in [7, 11) is 0. The normalized spacial score (nSPS) is 20.1. The Morgan fingerprint density at radius 2 is 2.31 bits per heavy atom. The Labute approximate surface area is 94.7 Å². The van der Waals surface area contributed by atoms with Gasteiger partial charge in [-0.2, -0.15) is 0 Å². The lowest BCUT2D eigenvalue weighted by Crippen LogP contribution is -2.30. The highest BCUT2D eigenvalue weighted by Gasteiger charge is 2.25. The van der Waals surface area contributed by atoms with Crippen molar-refractivity contribution in [2.24, 2.45) is 0 Å². The Bertz CT molecular complexity index is 417. The second-order valence-electron chi connectivity index (χ2n) is 4.27. The molecule has 0 radical (unpaired) electrons. The van der Waals surface area contributed by atoms with E-state index in [1.54, 1.807) is 23.1 Å². The molecule has 4 heteroatoms. The zero-order chi connectivity index (χ0) is 11.7. The Morgan fingerprint density at radius 3 is 2.88 bits per heavy atom. The maximum atomic E-state index is 12.1. The molecule has 1 fully saturated rings. The molecule has 1 aromatic carbocycles. The molecule has 1 aromatic rings. The number of rotatable bonds is 1. The van der Waals surface area contributed by atoms with Crippen LogP contribution in [0.5, 0.6) is 0 Å². The Hall–Kier alpha value is -1.55. The summed E-state index contributed by atoms with van der Waals surface area (Å²) in [6.45, 7) is 2.93. The smallest absolute Gasteiger partial charge is 0.254 e. The molecule has 0 bridgehead atoms. The van der Waals surface area contributed by atoms with Gasteiger partial charge in [0.05, 0.1) is 6.10 Å². The van der Waals surface area contributed by atoms with Gasteiger partial charge in [0.2, 0.25) is 0 Å². The summed E-state index contributed by atoms with van der Waals surface area (Å²) in [6.07, 6.45) is 0.290. The molecular formula is C12H16N2O2. The average molecular weight is 220 g/mol. The van der Waals surface area contributed by atoms with Gasteiger partial charge in [-0.3, -0.25) is 4.79 Å². The fourth-order valence-corrected chi connectivity index (χ4v) is 2.02. The highest BCUT2D eigenvalue weighted by molar-refractivity contribution is 5.96. The van der Waals surface area contributed by atoms with Crippen LogP contribution in [-0.4, -0.2) is 35.1 Å². The molecule has 0 unspecified atom stereocenters. The molecule has 2 rings (SSSR count). The number of benzene rings is 1. The van der Waals surface area contributed by atoms with Gasteiger partial charge in [-0.15, -0.1) is 0 Å². The van der Waals surface area contributed by atoms with E-state index in [4.69, 9.17) is 5.73 Å². The van der Waals surface area contributed by atoms with Gasteiger partial charge in [-0.05, 0) is 37.1 Å². The highest BCUT2D eigenvalue weighted by atomic mass is 16.3. The molecule has 0 spiro atoms. The Morgan fingerprint density at radius 1 is 1.56 bits per heavy atom.